The average molecular weight is 269 g/mol. The van der Waals surface area contributed by atoms with Crippen LogP contribution in [-0.2, 0) is 25.3 Å². The van der Waals surface area contributed by atoms with Crippen LogP contribution in [0, 0.1) is 0 Å². The zero-order chi connectivity index (χ0) is 13.5. The lowest BCUT2D eigenvalue weighted by Crippen LogP contribution is -2.38. The minimum Gasteiger partial charge on any atom is -0.449 e. The Bertz CT molecular complexity index is 410. The van der Waals surface area contributed by atoms with Crippen molar-refractivity contribution in [2.24, 2.45) is 5.73 Å². The molecule has 0 bridgehead atoms. The molecule has 0 radical (unpaired) electrons. The first-order valence-electron chi connectivity index (χ1n) is 5.45. The van der Waals surface area contributed by atoms with E-state index in [1.165, 1.54) is 6.92 Å². The van der Waals surface area contributed by atoms with E-state index in [1.54, 1.807) is 9.47 Å². The Kier molecular flexibility index (Phi) is 5.75. The molecule has 0 aromatic heterocycles. The maximum Gasteiger partial charge on any atom is 0.349 e. The van der Waals surface area contributed by atoms with E-state index in [0.29, 0.717) is 6.42 Å². The Morgan fingerprint density at radius 1 is 1.28 bits per heavy atom. The van der Waals surface area contributed by atoms with Gasteiger partial charge >= 0.3 is 11.9 Å². The van der Waals surface area contributed by atoms with Gasteiger partial charge in [-0.2, -0.15) is 0 Å². The Morgan fingerprint density at radius 3 is 2.44 bits per heavy atom. The first kappa shape index (κ1) is 14.6. The number of carbonyl (C=O) groups excluding carboxylic acids is 2. The number of hydrogen-bond donors (Lipinski definition) is 1. The molecule has 1 aromatic rings. The van der Waals surface area contributed by atoms with Gasteiger partial charge in [-0.15, -0.1) is 0 Å². The fraction of sp³-hybridized carbons (Fsp3) is 0.333. The van der Waals surface area contributed by atoms with Gasteiger partial charge in [-0.25, -0.2) is 4.79 Å². The molecule has 1 rings (SSSR count). The molecule has 5 nitrogen and oxygen atoms in total. The first-order chi connectivity index (χ1) is 8.54. The molecule has 0 aliphatic carbocycles. The Morgan fingerprint density at radius 2 is 1.89 bits per heavy atom. The molecule has 0 amide bonds. The summed E-state index contributed by atoms with van der Waals surface area (Å²) in [6.07, 6.45) is -0.598. The van der Waals surface area contributed by atoms with Crippen molar-refractivity contribution in [1.29, 1.82) is 0 Å². The summed E-state index contributed by atoms with van der Waals surface area (Å²) in [5.74, 6) is -1.26. The predicted octanol–water partition coefficient (Wildman–Crippen LogP) is 0.821. The number of carbonyl (C=O) groups is 2. The van der Waals surface area contributed by atoms with Gasteiger partial charge in [0.05, 0.1) is 9.47 Å². The molecule has 0 saturated carbocycles. The molecule has 6 heteroatoms. The standard InChI is InChI=1S/C12H16NO4P/c1-8(11(14)17-18)16-12(15)10(13)7-9-5-3-2-4-6-9/h2-6,8,10H,7,13,18H2,1H3/t8-,10-/m0/s1. The van der Waals surface area contributed by atoms with E-state index < -0.39 is 24.1 Å². The normalized spacial score (nSPS) is 13.5. The molecular weight excluding hydrogens is 253 g/mol. The SMILES string of the molecule is C[C@H](OC(=O)[C@@H](N)Cc1ccccc1)C(=O)OP. The van der Waals surface area contributed by atoms with Gasteiger partial charge in [0.15, 0.2) is 6.10 Å². The number of rotatable bonds is 5. The summed E-state index contributed by atoms with van der Waals surface area (Å²) in [6, 6.07) is 8.54. The van der Waals surface area contributed by atoms with Gasteiger partial charge in [0, 0.05) is 0 Å². The van der Waals surface area contributed by atoms with Crippen molar-refractivity contribution in [3.8, 4) is 0 Å². The molecule has 3 atom stereocenters. The average Bonchev–Trinajstić information content (AvgIpc) is 2.38. The lowest BCUT2D eigenvalue weighted by atomic mass is 10.1. The van der Waals surface area contributed by atoms with Crippen molar-refractivity contribution >= 4 is 21.4 Å². The topological polar surface area (TPSA) is 78.6 Å². The summed E-state index contributed by atoms with van der Waals surface area (Å²) in [5.41, 5.74) is 6.64. The van der Waals surface area contributed by atoms with E-state index in [9.17, 15) is 9.59 Å². The summed E-state index contributed by atoms with van der Waals surface area (Å²) >= 11 is 0. The second kappa shape index (κ2) is 7.09. The number of ether oxygens (including phenoxy) is 1. The molecular formula is C12H16NO4P. The zero-order valence-corrected chi connectivity index (χ0v) is 11.2. The third-order valence-corrected chi connectivity index (χ3v) is 2.57. The number of nitrogens with two attached hydrogens (primary N) is 1. The molecule has 0 aliphatic heterocycles. The Balaban J connectivity index is 2.49. The largest absolute Gasteiger partial charge is 0.449 e. The number of esters is 1. The minimum atomic E-state index is -0.961. The van der Waals surface area contributed by atoms with E-state index in [1.807, 2.05) is 30.3 Å². The zero-order valence-electron chi connectivity index (χ0n) is 10.0. The van der Waals surface area contributed by atoms with Gasteiger partial charge < -0.3 is 15.0 Å². The van der Waals surface area contributed by atoms with Crippen LogP contribution in [0.2, 0.25) is 0 Å². The highest BCUT2D eigenvalue weighted by Gasteiger charge is 2.22. The summed E-state index contributed by atoms with van der Waals surface area (Å²) in [6.45, 7) is 1.43. The van der Waals surface area contributed by atoms with E-state index >= 15 is 0 Å². The molecule has 98 valence electrons. The molecule has 18 heavy (non-hydrogen) atoms. The highest BCUT2D eigenvalue weighted by atomic mass is 31.0. The smallest absolute Gasteiger partial charge is 0.349 e. The van der Waals surface area contributed by atoms with Crippen LogP contribution < -0.4 is 5.73 Å². The second-order valence-electron chi connectivity index (χ2n) is 3.81. The third kappa shape index (κ3) is 4.43. The minimum absolute atomic E-state index is 0.363. The molecule has 0 heterocycles. The van der Waals surface area contributed by atoms with E-state index in [4.69, 9.17) is 10.5 Å². The van der Waals surface area contributed by atoms with Gasteiger partial charge in [-0.1, -0.05) is 30.3 Å². The maximum atomic E-state index is 11.6. The molecule has 0 saturated heterocycles. The quantitative estimate of drug-likeness (QED) is 0.632. The van der Waals surface area contributed by atoms with Crippen LogP contribution in [0.1, 0.15) is 12.5 Å². The van der Waals surface area contributed by atoms with Gasteiger partial charge in [-0.3, -0.25) is 4.79 Å². The van der Waals surface area contributed by atoms with E-state index in [2.05, 4.69) is 4.52 Å². The Labute approximate surface area is 108 Å². The van der Waals surface area contributed by atoms with Crippen LogP contribution >= 0.6 is 9.47 Å². The lowest BCUT2D eigenvalue weighted by molar-refractivity contribution is -0.161. The van der Waals surface area contributed by atoms with Crippen molar-refractivity contribution in [1.82, 2.24) is 0 Å². The van der Waals surface area contributed by atoms with Crippen LogP contribution in [-0.4, -0.2) is 24.1 Å². The fourth-order valence-electron chi connectivity index (χ4n) is 1.36. The van der Waals surface area contributed by atoms with Crippen molar-refractivity contribution < 1.29 is 18.8 Å². The molecule has 1 aromatic carbocycles. The predicted molar refractivity (Wildman–Crippen MR) is 69.5 cm³/mol. The van der Waals surface area contributed by atoms with E-state index in [-0.39, 0.29) is 0 Å². The Hall–Kier alpha value is -1.45. The molecule has 2 N–H and O–H groups in total. The van der Waals surface area contributed by atoms with Gasteiger partial charge in [0.25, 0.3) is 0 Å². The fourth-order valence-corrected chi connectivity index (χ4v) is 1.55. The van der Waals surface area contributed by atoms with Crippen LogP contribution in [0.5, 0.6) is 0 Å². The molecule has 0 spiro atoms. The third-order valence-electron chi connectivity index (χ3n) is 2.34. The number of benzene rings is 1. The van der Waals surface area contributed by atoms with Crippen molar-refractivity contribution in [3.63, 3.8) is 0 Å². The highest BCUT2D eigenvalue weighted by molar-refractivity contribution is 7.10. The van der Waals surface area contributed by atoms with Crippen LogP contribution in [0.25, 0.3) is 0 Å². The monoisotopic (exact) mass is 269 g/mol. The highest BCUT2D eigenvalue weighted by Crippen LogP contribution is 2.05. The van der Waals surface area contributed by atoms with Crippen molar-refractivity contribution in [3.05, 3.63) is 35.9 Å². The van der Waals surface area contributed by atoms with Crippen LogP contribution in [0.3, 0.4) is 0 Å². The van der Waals surface area contributed by atoms with Crippen molar-refractivity contribution in [2.45, 2.75) is 25.5 Å². The lowest BCUT2D eigenvalue weighted by Gasteiger charge is -2.15. The maximum absolute atomic E-state index is 11.6. The first-order valence-corrected chi connectivity index (χ1v) is 5.92. The van der Waals surface area contributed by atoms with Gasteiger partial charge in [0.1, 0.15) is 6.04 Å². The summed E-state index contributed by atoms with van der Waals surface area (Å²) in [4.78, 5) is 22.7. The van der Waals surface area contributed by atoms with Gasteiger partial charge in [0.2, 0.25) is 0 Å². The summed E-state index contributed by atoms with van der Waals surface area (Å²) in [5, 5.41) is 0. The molecule has 1 unspecified atom stereocenters. The van der Waals surface area contributed by atoms with E-state index in [0.717, 1.165) is 5.56 Å². The van der Waals surface area contributed by atoms with Crippen LogP contribution in [0.4, 0.5) is 0 Å². The molecule has 0 aliphatic rings. The summed E-state index contributed by atoms with van der Waals surface area (Å²) in [7, 11) is 1.81. The van der Waals surface area contributed by atoms with Gasteiger partial charge in [-0.05, 0) is 18.9 Å². The second-order valence-corrected chi connectivity index (χ2v) is 4.05. The molecule has 0 fully saturated rings. The summed E-state index contributed by atoms with van der Waals surface area (Å²) < 4.78 is 9.26. The van der Waals surface area contributed by atoms with Crippen LogP contribution in [0.15, 0.2) is 30.3 Å². The number of hydrogen-bond acceptors (Lipinski definition) is 5. The van der Waals surface area contributed by atoms with Crippen molar-refractivity contribution in [2.75, 3.05) is 0 Å².